The molecule has 5 radical (unpaired) electrons. The first-order valence-corrected chi connectivity index (χ1v) is 4.23. The zero-order valence-corrected chi connectivity index (χ0v) is 9.70. The average Bonchev–Trinajstić information content (AvgIpc) is 2.59. The van der Waals surface area contributed by atoms with Gasteiger partial charge in [0.05, 0.1) is 0 Å². The van der Waals surface area contributed by atoms with Crippen molar-refractivity contribution in [1.29, 1.82) is 0 Å². The summed E-state index contributed by atoms with van der Waals surface area (Å²) in [7, 11) is 0. The van der Waals surface area contributed by atoms with Crippen LogP contribution in [0.1, 0.15) is 6.92 Å². The van der Waals surface area contributed by atoms with E-state index in [0.29, 0.717) is 0 Å². The van der Waals surface area contributed by atoms with Crippen LogP contribution in [0.4, 0.5) is 0 Å². The molecule has 71 valence electrons. The van der Waals surface area contributed by atoms with Gasteiger partial charge in [0.25, 0.3) is 0 Å². The maximum absolute atomic E-state index is 10.1. The van der Waals surface area contributed by atoms with E-state index < -0.39 is 0 Å². The summed E-state index contributed by atoms with van der Waals surface area (Å²) in [6.45, 7) is 1.39. The molecule has 0 heterocycles. The molecule has 0 unspecified atom stereocenters. The largest absolute Gasteiger partial charge is 3.00 e. The smallest absolute Gasteiger partial charge is 0.789 e. The number of hydrogen-bond donors (Lipinski definition) is 0. The average molecular weight is 256 g/mol. The van der Waals surface area contributed by atoms with Gasteiger partial charge in [0, 0.05) is 0 Å². The van der Waals surface area contributed by atoms with Crippen LogP contribution in [0.15, 0.2) is 10.3 Å². The van der Waals surface area contributed by atoms with Gasteiger partial charge in [-0.05, 0) is 39.0 Å². The molecule has 1 rings (SSSR count). The summed E-state index contributed by atoms with van der Waals surface area (Å²) in [6, 6.07) is 0. The summed E-state index contributed by atoms with van der Waals surface area (Å²) in [5, 5.41) is 1.21. The Morgan fingerprint density at radius 3 is 1.54 bits per heavy atom. The van der Waals surface area contributed by atoms with Crippen LogP contribution in [-0.4, -0.2) is 5.78 Å². The second-order valence-corrected chi connectivity index (χ2v) is 2.68. The van der Waals surface area contributed by atoms with Gasteiger partial charge in [0.1, 0.15) is 5.78 Å². The second kappa shape index (κ2) is 10.4. The Hall–Kier alpha value is 0.356. The van der Waals surface area contributed by atoms with E-state index in [-0.39, 0.29) is 27.5 Å². The van der Waals surface area contributed by atoms with Crippen molar-refractivity contribution in [2.45, 2.75) is 6.92 Å². The second-order valence-electron chi connectivity index (χ2n) is 2.00. The maximum atomic E-state index is 10.1. The molecule has 0 aromatic heterocycles. The van der Waals surface area contributed by atoms with Crippen molar-refractivity contribution in [2.75, 3.05) is 0 Å². The molecule has 0 amide bonds. The van der Waals surface area contributed by atoms with Gasteiger partial charge in [-0.1, -0.05) is 0 Å². The molecular formula is C9H9CoOS2+. The van der Waals surface area contributed by atoms with Crippen molar-refractivity contribution in [2.24, 2.45) is 0 Å². The molecule has 4 heteroatoms. The van der Waals surface area contributed by atoms with Crippen LogP contribution in [0.25, 0.3) is 0 Å². The molecule has 1 aliphatic rings. The molecular weight excluding hydrogens is 247 g/mol. The fourth-order valence-electron chi connectivity index (χ4n) is 0.404. The van der Waals surface area contributed by atoms with Gasteiger partial charge >= 0.3 is 16.8 Å². The molecule has 0 aliphatic heterocycles. The zero-order chi connectivity index (χ0) is 9.40. The first-order valence-electron chi connectivity index (χ1n) is 3.35. The van der Waals surface area contributed by atoms with Crippen molar-refractivity contribution in [3.63, 3.8) is 0 Å². The SMILES string of the molecule is CC(=O)/C([S-])=C/[S-].[CH]1[CH][CH][CH][CH]1.[Co+3]. The Balaban J connectivity index is 0. The predicted octanol–water partition coefficient (Wildman–Crippen LogP) is 1.53. The molecule has 0 aromatic carbocycles. The zero-order valence-electron chi connectivity index (χ0n) is 7.02. The van der Waals surface area contributed by atoms with Gasteiger partial charge in [-0.2, -0.15) is 4.91 Å². The Labute approximate surface area is 102 Å². The number of carbonyl (C=O) groups is 1. The normalized spacial score (nSPS) is 15.3. The molecule has 0 atom stereocenters. The summed E-state index contributed by atoms with van der Waals surface area (Å²) >= 11 is 8.83. The monoisotopic (exact) mass is 256 g/mol. The van der Waals surface area contributed by atoms with Crippen LogP contribution in [0, 0.1) is 32.1 Å². The molecule has 1 fully saturated rings. The van der Waals surface area contributed by atoms with Crippen molar-refractivity contribution in [1.82, 2.24) is 0 Å². The molecule has 0 aromatic rings. The van der Waals surface area contributed by atoms with E-state index >= 15 is 0 Å². The summed E-state index contributed by atoms with van der Waals surface area (Å²) in [5.74, 6) is -0.134. The van der Waals surface area contributed by atoms with Crippen LogP contribution in [-0.2, 0) is 46.8 Å². The van der Waals surface area contributed by atoms with E-state index in [2.05, 4.69) is 25.3 Å². The molecule has 1 nitrogen and oxygen atoms in total. The summed E-state index contributed by atoms with van der Waals surface area (Å²) < 4.78 is 0. The number of rotatable bonds is 1. The van der Waals surface area contributed by atoms with E-state index in [1.54, 1.807) is 0 Å². The molecule has 0 saturated heterocycles. The standard InChI is InChI=1S/C5H5.C4H6OS2.Co/c1-2-4-5-3-1;1-3(5)4(7)2-6;/h1-5H;2,6-7H,1H3;/q;;+3/p-2/b;4-2-;. The minimum atomic E-state index is -0.134. The predicted molar refractivity (Wildman–Crippen MR) is 55.0 cm³/mol. The molecule has 0 bridgehead atoms. The maximum Gasteiger partial charge on any atom is 3.00 e. The van der Waals surface area contributed by atoms with Crippen molar-refractivity contribution >= 4 is 31.0 Å². The number of hydrogen-bond acceptors (Lipinski definition) is 3. The molecule has 0 spiro atoms. The van der Waals surface area contributed by atoms with E-state index in [1.807, 2.05) is 32.1 Å². The summed E-state index contributed by atoms with van der Waals surface area (Å²) in [5.41, 5.74) is 0. The van der Waals surface area contributed by atoms with Gasteiger partial charge in [-0.25, -0.2) is 5.41 Å². The number of Topliss-reactive ketones (excluding diaryl/α,β-unsaturated/α-hetero) is 1. The number of ketones is 1. The Morgan fingerprint density at radius 2 is 1.46 bits per heavy atom. The van der Waals surface area contributed by atoms with Crippen LogP contribution in [0.5, 0.6) is 0 Å². The van der Waals surface area contributed by atoms with E-state index in [0.717, 1.165) is 0 Å². The van der Waals surface area contributed by atoms with Crippen LogP contribution in [0.3, 0.4) is 0 Å². The van der Waals surface area contributed by atoms with Gasteiger partial charge in [-0.3, -0.25) is 4.79 Å². The fourth-order valence-corrected chi connectivity index (χ4v) is 0.570. The Morgan fingerprint density at radius 1 is 1.15 bits per heavy atom. The van der Waals surface area contributed by atoms with Gasteiger partial charge < -0.3 is 25.3 Å². The first kappa shape index (κ1) is 15.8. The minimum Gasteiger partial charge on any atom is -0.789 e. The van der Waals surface area contributed by atoms with Crippen molar-refractivity contribution in [3.05, 3.63) is 42.4 Å². The minimum absolute atomic E-state index is 0. The third kappa shape index (κ3) is 10.3. The van der Waals surface area contributed by atoms with E-state index in [4.69, 9.17) is 0 Å². The van der Waals surface area contributed by atoms with Gasteiger partial charge in [0.2, 0.25) is 0 Å². The summed E-state index contributed by atoms with van der Waals surface area (Å²) in [4.78, 5) is 10.4. The molecule has 13 heavy (non-hydrogen) atoms. The summed E-state index contributed by atoms with van der Waals surface area (Å²) in [6.07, 6.45) is 10.0. The third-order valence-corrected chi connectivity index (χ3v) is 1.80. The van der Waals surface area contributed by atoms with E-state index in [1.165, 1.54) is 12.3 Å². The quantitative estimate of drug-likeness (QED) is 0.523. The first-order chi connectivity index (χ1) is 5.68. The van der Waals surface area contributed by atoms with Gasteiger partial charge in [0.15, 0.2) is 0 Å². The van der Waals surface area contributed by atoms with Gasteiger partial charge in [-0.15, -0.1) is 0 Å². The number of carbonyl (C=O) groups excluding carboxylic acids is 1. The van der Waals surface area contributed by atoms with Crippen molar-refractivity contribution in [3.8, 4) is 0 Å². The fraction of sp³-hybridized carbons (Fsp3) is 0.111. The molecule has 1 aliphatic carbocycles. The number of allylic oxidation sites excluding steroid dienone is 1. The Kier molecular flexibility index (Phi) is 12.7. The van der Waals surface area contributed by atoms with Crippen LogP contribution < -0.4 is 0 Å². The molecule has 0 N–H and O–H groups in total. The Bertz CT molecular complexity index is 157. The van der Waals surface area contributed by atoms with E-state index in [9.17, 15) is 4.79 Å². The third-order valence-electron chi connectivity index (χ3n) is 1.01. The van der Waals surface area contributed by atoms with Crippen molar-refractivity contribution < 1.29 is 21.6 Å². The van der Waals surface area contributed by atoms with Crippen LogP contribution >= 0.6 is 0 Å². The van der Waals surface area contributed by atoms with Crippen LogP contribution in [0.2, 0.25) is 0 Å². The molecule has 1 saturated carbocycles. The topological polar surface area (TPSA) is 17.1 Å².